The van der Waals surface area contributed by atoms with Crippen molar-refractivity contribution in [1.29, 1.82) is 0 Å². The van der Waals surface area contributed by atoms with E-state index in [9.17, 15) is 4.79 Å². The Hall–Kier alpha value is -0.970. The van der Waals surface area contributed by atoms with Gasteiger partial charge in [0.25, 0.3) is 0 Å². The number of benzene rings is 1. The maximum atomic E-state index is 12.8. The molecule has 1 heterocycles. The van der Waals surface area contributed by atoms with E-state index in [1.807, 2.05) is 0 Å². The standard InChI is InChI=1S/C21H33N3O.2ClH/c1-23(18-8-4-2-5-9-18)19-10-14-24(15-11-19)20(25)16-21(17-22)12-6-3-7-13-21;;/h2,4-5,8-9,19H,3,6-7,10-17,22H2,1H3;2*1H. The molecule has 0 unspecified atom stereocenters. The van der Waals surface area contributed by atoms with Gasteiger partial charge < -0.3 is 15.5 Å². The minimum Gasteiger partial charge on any atom is -0.371 e. The van der Waals surface area contributed by atoms with Gasteiger partial charge in [0.2, 0.25) is 5.91 Å². The van der Waals surface area contributed by atoms with Crippen molar-refractivity contribution in [3.63, 3.8) is 0 Å². The lowest BCUT2D eigenvalue weighted by atomic mass is 9.71. The van der Waals surface area contributed by atoms with E-state index in [1.165, 1.54) is 24.9 Å². The van der Waals surface area contributed by atoms with Crippen LogP contribution in [-0.4, -0.2) is 43.5 Å². The van der Waals surface area contributed by atoms with Gasteiger partial charge in [-0.05, 0) is 49.8 Å². The fraction of sp³-hybridized carbons (Fsp3) is 0.667. The molecule has 154 valence electrons. The quantitative estimate of drug-likeness (QED) is 0.781. The average molecular weight is 416 g/mol. The zero-order valence-corrected chi connectivity index (χ0v) is 18.1. The van der Waals surface area contributed by atoms with E-state index in [0.717, 1.165) is 38.8 Å². The van der Waals surface area contributed by atoms with Gasteiger partial charge in [-0.2, -0.15) is 0 Å². The second-order valence-corrected chi connectivity index (χ2v) is 8.00. The largest absolute Gasteiger partial charge is 0.371 e. The summed E-state index contributed by atoms with van der Waals surface area (Å²) in [6.07, 6.45) is 8.77. The summed E-state index contributed by atoms with van der Waals surface area (Å²) in [5.41, 5.74) is 7.40. The molecule has 1 aliphatic heterocycles. The van der Waals surface area contributed by atoms with Crippen molar-refractivity contribution in [2.45, 2.75) is 57.4 Å². The van der Waals surface area contributed by atoms with Gasteiger partial charge in [-0.15, -0.1) is 24.8 Å². The number of nitrogens with two attached hydrogens (primary N) is 1. The lowest BCUT2D eigenvalue weighted by Gasteiger charge is -2.41. The van der Waals surface area contributed by atoms with Crippen LogP contribution in [0, 0.1) is 5.41 Å². The average Bonchev–Trinajstić information content (AvgIpc) is 2.69. The summed E-state index contributed by atoms with van der Waals surface area (Å²) >= 11 is 0. The summed E-state index contributed by atoms with van der Waals surface area (Å²) < 4.78 is 0. The maximum absolute atomic E-state index is 12.8. The Bertz CT molecular complexity index is 556. The van der Waals surface area contributed by atoms with E-state index < -0.39 is 0 Å². The summed E-state index contributed by atoms with van der Waals surface area (Å²) in [5.74, 6) is 0.327. The van der Waals surface area contributed by atoms with E-state index in [0.29, 0.717) is 24.9 Å². The first-order valence-electron chi connectivity index (χ1n) is 9.89. The van der Waals surface area contributed by atoms with Crippen molar-refractivity contribution in [2.24, 2.45) is 11.1 Å². The Morgan fingerprint density at radius 2 is 1.70 bits per heavy atom. The van der Waals surface area contributed by atoms with Crippen molar-refractivity contribution in [3.05, 3.63) is 30.3 Å². The van der Waals surface area contributed by atoms with Crippen LogP contribution in [0.1, 0.15) is 51.4 Å². The van der Waals surface area contributed by atoms with Crippen LogP contribution in [0.25, 0.3) is 0 Å². The van der Waals surface area contributed by atoms with Gasteiger partial charge >= 0.3 is 0 Å². The van der Waals surface area contributed by atoms with Crippen LogP contribution in [0.3, 0.4) is 0 Å². The summed E-state index contributed by atoms with van der Waals surface area (Å²) in [5, 5.41) is 0. The molecule has 27 heavy (non-hydrogen) atoms. The summed E-state index contributed by atoms with van der Waals surface area (Å²) in [6, 6.07) is 11.1. The highest BCUT2D eigenvalue weighted by atomic mass is 35.5. The van der Waals surface area contributed by atoms with Crippen molar-refractivity contribution in [3.8, 4) is 0 Å². The van der Waals surface area contributed by atoms with Gasteiger partial charge in [0.05, 0.1) is 0 Å². The molecule has 1 aliphatic carbocycles. The van der Waals surface area contributed by atoms with Crippen LogP contribution >= 0.6 is 24.8 Å². The van der Waals surface area contributed by atoms with Crippen molar-refractivity contribution in [1.82, 2.24) is 4.90 Å². The van der Waals surface area contributed by atoms with E-state index in [1.54, 1.807) is 0 Å². The number of carbonyl (C=O) groups excluding carboxylic acids is 1. The fourth-order valence-electron chi connectivity index (χ4n) is 4.56. The number of carbonyl (C=O) groups is 1. The molecule has 0 aromatic heterocycles. The Labute approximate surface area is 176 Å². The van der Waals surface area contributed by atoms with Crippen molar-refractivity contribution in [2.75, 3.05) is 31.6 Å². The molecule has 1 amide bonds. The highest BCUT2D eigenvalue weighted by Crippen LogP contribution is 2.39. The SMILES string of the molecule is CN(c1ccccc1)C1CCN(C(=O)CC2(CN)CCCCC2)CC1.Cl.Cl. The molecular weight excluding hydrogens is 381 g/mol. The van der Waals surface area contributed by atoms with E-state index in [2.05, 4.69) is 47.2 Å². The normalized spacial score (nSPS) is 19.6. The van der Waals surface area contributed by atoms with Gasteiger partial charge in [-0.1, -0.05) is 37.5 Å². The zero-order valence-electron chi connectivity index (χ0n) is 16.4. The highest BCUT2D eigenvalue weighted by molar-refractivity contribution is 5.85. The molecule has 0 radical (unpaired) electrons. The van der Waals surface area contributed by atoms with Crippen molar-refractivity contribution >= 4 is 36.4 Å². The van der Waals surface area contributed by atoms with E-state index >= 15 is 0 Å². The predicted octanol–water partition coefficient (Wildman–Crippen LogP) is 4.26. The number of piperidine rings is 1. The third kappa shape index (κ3) is 6.00. The summed E-state index contributed by atoms with van der Waals surface area (Å²) in [4.78, 5) is 17.3. The molecule has 2 aliphatic rings. The number of rotatable bonds is 5. The van der Waals surface area contributed by atoms with Gasteiger partial charge in [0, 0.05) is 38.3 Å². The number of amides is 1. The van der Waals surface area contributed by atoms with Crippen LogP contribution < -0.4 is 10.6 Å². The van der Waals surface area contributed by atoms with Gasteiger partial charge in [-0.25, -0.2) is 0 Å². The number of hydrogen-bond acceptors (Lipinski definition) is 3. The first kappa shape index (κ1) is 24.1. The third-order valence-corrected chi connectivity index (χ3v) is 6.40. The summed E-state index contributed by atoms with van der Waals surface area (Å²) in [7, 11) is 2.17. The summed E-state index contributed by atoms with van der Waals surface area (Å²) in [6.45, 7) is 2.41. The molecule has 0 spiro atoms. The Morgan fingerprint density at radius 1 is 1.11 bits per heavy atom. The fourth-order valence-corrected chi connectivity index (χ4v) is 4.56. The van der Waals surface area contributed by atoms with Crippen LogP contribution in [-0.2, 0) is 4.79 Å². The molecule has 1 saturated heterocycles. The van der Waals surface area contributed by atoms with Crippen LogP contribution in [0.15, 0.2) is 30.3 Å². The number of halogens is 2. The van der Waals surface area contributed by atoms with Crippen molar-refractivity contribution < 1.29 is 4.79 Å². The van der Waals surface area contributed by atoms with Crippen LogP contribution in [0.4, 0.5) is 5.69 Å². The molecule has 4 nitrogen and oxygen atoms in total. The smallest absolute Gasteiger partial charge is 0.223 e. The molecule has 1 aromatic rings. The molecular formula is C21H35Cl2N3O. The predicted molar refractivity (Wildman–Crippen MR) is 118 cm³/mol. The van der Waals surface area contributed by atoms with Gasteiger partial charge in [0.15, 0.2) is 0 Å². The first-order valence-corrected chi connectivity index (χ1v) is 9.89. The molecule has 2 N–H and O–H groups in total. The number of hydrogen-bond donors (Lipinski definition) is 1. The number of anilines is 1. The van der Waals surface area contributed by atoms with Crippen LogP contribution in [0.5, 0.6) is 0 Å². The van der Waals surface area contributed by atoms with Gasteiger partial charge in [-0.3, -0.25) is 4.79 Å². The molecule has 1 aromatic carbocycles. The minimum atomic E-state index is 0. The Kier molecular flexibility index (Phi) is 9.92. The topological polar surface area (TPSA) is 49.6 Å². The maximum Gasteiger partial charge on any atom is 0.223 e. The first-order chi connectivity index (χ1) is 12.1. The van der Waals surface area contributed by atoms with Gasteiger partial charge in [0.1, 0.15) is 0 Å². The molecule has 3 rings (SSSR count). The molecule has 2 fully saturated rings. The number of para-hydroxylation sites is 1. The lowest BCUT2D eigenvalue weighted by Crippen LogP contribution is -2.47. The molecule has 0 bridgehead atoms. The molecule has 6 heteroatoms. The Balaban J connectivity index is 0.00000182. The molecule has 0 atom stereocenters. The lowest BCUT2D eigenvalue weighted by molar-refractivity contribution is -0.135. The second-order valence-electron chi connectivity index (χ2n) is 8.00. The zero-order chi connectivity index (χ0) is 17.7. The van der Waals surface area contributed by atoms with Crippen LogP contribution in [0.2, 0.25) is 0 Å². The molecule has 1 saturated carbocycles. The minimum absolute atomic E-state index is 0. The van der Waals surface area contributed by atoms with E-state index in [-0.39, 0.29) is 30.2 Å². The monoisotopic (exact) mass is 415 g/mol. The Morgan fingerprint density at radius 3 is 2.26 bits per heavy atom. The second kappa shape index (κ2) is 11.1. The van der Waals surface area contributed by atoms with E-state index in [4.69, 9.17) is 5.73 Å². The number of likely N-dealkylation sites (tertiary alicyclic amines) is 1. The highest BCUT2D eigenvalue weighted by Gasteiger charge is 2.35. The number of nitrogens with zero attached hydrogens (tertiary/aromatic N) is 2. The third-order valence-electron chi connectivity index (χ3n) is 6.40.